The van der Waals surface area contributed by atoms with Gasteiger partial charge in [0.1, 0.15) is 5.75 Å². The number of urea groups is 1. The van der Waals surface area contributed by atoms with E-state index in [9.17, 15) is 19.2 Å². The maximum atomic E-state index is 12.9. The fourth-order valence-corrected chi connectivity index (χ4v) is 4.50. The van der Waals surface area contributed by atoms with E-state index in [2.05, 4.69) is 29.8 Å². The molecule has 0 aliphatic carbocycles. The van der Waals surface area contributed by atoms with Crippen molar-refractivity contribution in [1.29, 1.82) is 0 Å². The Morgan fingerprint density at radius 1 is 1.00 bits per heavy atom. The van der Waals surface area contributed by atoms with Crippen molar-refractivity contribution in [3.8, 4) is 5.75 Å². The minimum atomic E-state index is -0.978. The number of aliphatic carboxylic acids is 1. The van der Waals surface area contributed by atoms with Gasteiger partial charge >= 0.3 is 12.0 Å². The fraction of sp³-hybridized carbons (Fsp3) is 0.312. The normalized spacial score (nSPS) is 12.0. The van der Waals surface area contributed by atoms with Crippen LogP contribution < -0.4 is 25.6 Å². The number of carbonyl (C=O) groups is 4. The van der Waals surface area contributed by atoms with E-state index in [4.69, 9.17) is 21.4 Å². The number of anilines is 2. The third kappa shape index (κ3) is 10.6. The van der Waals surface area contributed by atoms with Gasteiger partial charge in [-0.25, -0.2) is 4.79 Å². The number of likely N-dealkylation sites (N-methyl/N-ethyl adjacent to an activating group) is 1. The molecule has 0 radical (unpaired) electrons. The van der Waals surface area contributed by atoms with Crippen molar-refractivity contribution < 1.29 is 29.0 Å². The maximum Gasteiger partial charge on any atom is 0.319 e. The summed E-state index contributed by atoms with van der Waals surface area (Å²) in [6.45, 7) is 3.63. The summed E-state index contributed by atoms with van der Waals surface area (Å²) in [5.74, 6) is -0.925. The summed E-state index contributed by atoms with van der Waals surface area (Å²) >= 11 is 6.07. The number of carboxylic acids is 1. The highest BCUT2D eigenvalue weighted by Crippen LogP contribution is 2.30. The number of halogens is 1. The Kier molecular flexibility index (Phi) is 12.4. The molecule has 0 heterocycles. The Morgan fingerprint density at radius 3 is 2.47 bits per heavy atom. The highest BCUT2D eigenvalue weighted by atomic mass is 35.5. The molecular weight excluding hydrogens is 572 g/mol. The largest absolute Gasteiger partial charge is 0.483 e. The first-order valence-corrected chi connectivity index (χ1v) is 14.3. The summed E-state index contributed by atoms with van der Waals surface area (Å²) in [4.78, 5) is 50.7. The molecule has 3 aromatic rings. The van der Waals surface area contributed by atoms with E-state index in [1.807, 2.05) is 12.1 Å². The topological polar surface area (TPSA) is 137 Å². The van der Waals surface area contributed by atoms with Crippen LogP contribution in [0.5, 0.6) is 5.75 Å². The maximum absolute atomic E-state index is 12.9. The summed E-state index contributed by atoms with van der Waals surface area (Å²) in [7, 11) is 1.64. The van der Waals surface area contributed by atoms with Gasteiger partial charge in [0.25, 0.3) is 5.91 Å². The number of carbonyl (C=O) groups excluding carboxylic acids is 3. The summed E-state index contributed by atoms with van der Waals surface area (Å²) < 4.78 is 5.96. The first kappa shape index (κ1) is 32.9. The zero-order valence-electron chi connectivity index (χ0n) is 24.4. The molecule has 2 unspecified atom stereocenters. The van der Waals surface area contributed by atoms with E-state index >= 15 is 0 Å². The number of amides is 4. The second kappa shape index (κ2) is 16.2. The lowest BCUT2D eigenvalue weighted by molar-refractivity contribution is -0.136. The van der Waals surface area contributed by atoms with Crippen LogP contribution in [0.15, 0.2) is 72.8 Å². The van der Waals surface area contributed by atoms with Crippen molar-refractivity contribution in [3.05, 3.63) is 88.9 Å². The Morgan fingerprint density at radius 2 is 1.74 bits per heavy atom. The highest BCUT2D eigenvalue weighted by Gasteiger charge is 2.22. The molecule has 0 fully saturated rings. The molecule has 4 amide bonds. The number of hydrogen-bond donors (Lipinski definition) is 4. The molecule has 0 saturated carbocycles. The summed E-state index contributed by atoms with van der Waals surface area (Å²) in [6, 6.07) is 19.6. The Balaban J connectivity index is 1.64. The second-order valence-corrected chi connectivity index (χ2v) is 10.6. The SMILES string of the molecule is CCC(C)CC(NC(=O)CNC(=O)Nc1cccc(CC(=O)O)c1)c1ccccc1OCC(=O)N(C)c1cccc(Cl)c1. The summed E-state index contributed by atoms with van der Waals surface area (Å²) in [6.07, 6.45) is 1.33. The van der Waals surface area contributed by atoms with Gasteiger partial charge in [-0.3, -0.25) is 14.4 Å². The molecule has 228 valence electrons. The van der Waals surface area contributed by atoms with Crippen LogP contribution >= 0.6 is 11.6 Å². The van der Waals surface area contributed by atoms with Crippen LogP contribution in [0.4, 0.5) is 16.2 Å². The molecule has 3 rings (SSSR count). The van der Waals surface area contributed by atoms with Gasteiger partial charge in [0, 0.05) is 29.0 Å². The first-order valence-electron chi connectivity index (χ1n) is 13.9. The fourth-order valence-electron chi connectivity index (χ4n) is 4.31. The van der Waals surface area contributed by atoms with Crippen molar-refractivity contribution in [2.75, 3.05) is 30.4 Å². The first-order chi connectivity index (χ1) is 20.5. The van der Waals surface area contributed by atoms with Crippen molar-refractivity contribution >= 4 is 46.8 Å². The standard InChI is InChI=1S/C32H37ClN4O6/c1-4-21(2)15-27(36-29(38)19-34-32(42)35-24-11-7-9-22(16-24)17-31(40)41)26-13-5-6-14-28(26)43-20-30(39)37(3)25-12-8-10-23(33)18-25/h5-14,16,18,21,27H,4,15,17,19-20H2,1-3H3,(H,36,38)(H,40,41)(H2,34,35,42). The lowest BCUT2D eigenvalue weighted by atomic mass is 9.93. The zero-order chi connectivity index (χ0) is 31.4. The van der Waals surface area contributed by atoms with E-state index in [0.717, 1.165) is 6.42 Å². The van der Waals surface area contributed by atoms with Gasteiger partial charge in [-0.2, -0.15) is 0 Å². The van der Waals surface area contributed by atoms with Crippen LogP contribution in [-0.2, 0) is 20.8 Å². The van der Waals surface area contributed by atoms with Gasteiger partial charge in [0.2, 0.25) is 5.91 Å². The van der Waals surface area contributed by atoms with Crippen molar-refractivity contribution in [2.45, 2.75) is 39.2 Å². The van der Waals surface area contributed by atoms with E-state index in [0.29, 0.717) is 39.7 Å². The van der Waals surface area contributed by atoms with E-state index in [1.54, 1.807) is 67.7 Å². The molecule has 0 bridgehead atoms. The smallest absolute Gasteiger partial charge is 0.319 e. The van der Waals surface area contributed by atoms with E-state index < -0.39 is 23.9 Å². The highest BCUT2D eigenvalue weighted by molar-refractivity contribution is 6.30. The molecule has 43 heavy (non-hydrogen) atoms. The molecule has 4 N–H and O–H groups in total. The Bertz CT molecular complexity index is 1430. The minimum Gasteiger partial charge on any atom is -0.483 e. The molecule has 0 aromatic heterocycles. The van der Waals surface area contributed by atoms with E-state index in [-0.39, 0.29) is 31.4 Å². The molecule has 10 nitrogen and oxygen atoms in total. The molecule has 0 aliphatic rings. The van der Waals surface area contributed by atoms with Gasteiger partial charge in [-0.05, 0) is 54.3 Å². The zero-order valence-corrected chi connectivity index (χ0v) is 25.2. The monoisotopic (exact) mass is 608 g/mol. The van der Waals surface area contributed by atoms with Gasteiger partial charge in [-0.15, -0.1) is 0 Å². The van der Waals surface area contributed by atoms with Crippen molar-refractivity contribution in [2.24, 2.45) is 5.92 Å². The molecule has 2 atom stereocenters. The number of carboxylic acid groups (broad SMARTS) is 1. The quantitative estimate of drug-likeness (QED) is 0.193. The van der Waals surface area contributed by atoms with Crippen molar-refractivity contribution in [1.82, 2.24) is 10.6 Å². The Hall–Kier alpha value is -4.57. The van der Waals surface area contributed by atoms with E-state index in [1.165, 1.54) is 4.90 Å². The average Bonchev–Trinajstić information content (AvgIpc) is 2.98. The third-order valence-electron chi connectivity index (χ3n) is 6.84. The van der Waals surface area contributed by atoms with Crippen LogP contribution in [0.3, 0.4) is 0 Å². The van der Waals surface area contributed by atoms with Gasteiger partial charge in [0.05, 0.1) is 19.0 Å². The number of para-hydroxylation sites is 1. The van der Waals surface area contributed by atoms with Crippen LogP contribution in [0.2, 0.25) is 5.02 Å². The predicted molar refractivity (Wildman–Crippen MR) is 167 cm³/mol. The van der Waals surface area contributed by atoms with Gasteiger partial charge < -0.3 is 30.7 Å². The van der Waals surface area contributed by atoms with Crippen molar-refractivity contribution in [3.63, 3.8) is 0 Å². The van der Waals surface area contributed by atoms with Crippen LogP contribution in [-0.4, -0.2) is 49.1 Å². The lowest BCUT2D eigenvalue weighted by Gasteiger charge is -2.25. The summed E-state index contributed by atoms with van der Waals surface area (Å²) in [5, 5.41) is 17.6. The third-order valence-corrected chi connectivity index (χ3v) is 7.07. The number of hydrogen-bond acceptors (Lipinski definition) is 5. The van der Waals surface area contributed by atoms with Crippen LogP contribution in [0.25, 0.3) is 0 Å². The number of benzene rings is 3. The number of nitrogens with zero attached hydrogens (tertiary/aromatic N) is 1. The molecule has 0 spiro atoms. The van der Waals surface area contributed by atoms with Crippen LogP contribution in [0.1, 0.15) is 43.9 Å². The molecule has 0 saturated heterocycles. The van der Waals surface area contributed by atoms with Crippen LogP contribution in [0, 0.1) is 5.92 Å². The average molecular weight is 609 g/mol. The predicted octanol–water partition coefficient (Wildman–Crippen LogP) is 5.42. The van der Waals surface area contributed by atoms with Gasteiger partial charge in [-0.1, -0.05) is 68.3 Å². The molecular formula is C32H37ClN4O6. The second-order valence-electron chi connectivity index (χ2n) is 10.2. The number of rotatable bonds is 14. The summed E-state index contributed by atoms with van der Waals surface area (Å²) in [5.41, 5.74) is 2.30. The van der Waals surface area contributed by atoms with Gasteiger partial charge in [0.15, 0.2) is 6.61 Å². The molecule has 3 aromatic carbocycles. The minimum absolute atomic E-state index is 0.172. The Labute approximate surface area is 256 Å². The molecule has 11 heteroatoms. The number of ether oxygens (including phenoxy) is 1. The lowest BCUT2D eigenvalue weighted by Crippen LogP contribution is -2.40. The molecule has 0 aliphatic heterocycles. The number of nitrogens with one attached hydrogen (secondary N) is 3.